The Morgan fingerprint density at radius 1 is 1.17 bits per heavy atom. The third kappa shape index (κ3) is 4.95. The zero-order valence-corrected chi connectivity index (χ0v) is 20.7. The van der Waals surface area contributed by atoms with E-state index in [9.17, 15) is 9.90 Å². The number of carbonyl (C=O) groups excluding carboxylic acids is 1. The molecule has 36 heavy (non-hydrogen) atoms. The van der Waals surface area contributed by atoms with Crippen molar-refractivity contribution in [2.75, 3.05) is 12.4 Å². The van der Waals surface area contributed by atoms with Crippen LogP contribution in [-0.4, -0.2) is 28.1 Å². The number of aromatic nitrogens is 2. The van der Waals surface area contributed by atoms with Crippen LogP contribution >= 0.6 is 0 Å². The summed E-state index contributed by atoms with van der Waals surface area (Å²) in [6.45, 7) is 2.18. The number of aliphatic hydroxyl groups excluding tert-OH is 1. The first-order valence-corrected chi connectivity index (χ1v) is 12.5. The van der Waals surface area contributed by atoms with Gasteiger partial charge in [-0.2, -0.15) is 0 Å². The van der Waals surface area contributed by atoms with Gasteiger partial charge in [0, 0.05) is 12.0 Å². The molecule has 2 aromatic carbocycles. The summed E-state index contributed by atoms with van der Waals surface area (Å²) in [5.41, 5.74) is 6.01. The van der Waals surface area contributed by atoms with Crippen LogP contribution in [0.1, 0.15) is 54.8 Å². The molecule has 0 saturated heterocycles. The summed E-state index contributed by atoms with van der Waals surface area (Å²) < 4.78 is 5.39. The first-order chi connectivity index (χ1) is 17.5. The van der Waals surface area contributed by atoms with E-state index >= 15 is 0 Å². The van der Waals surface area contributed by atoms with Crippen molar-refractivity contribution in [1.82, 2.24) is 9.97 Å². The van der Waals surface area contributed by atoms with E-state index in [-0.39, 0.29) is 5.91 Å². The third-order valence-electron chi connectivity index (χ3n) is 7.04. The first-order valence-electron chi connectivity index (χ1n) is 12.5. The monoisotopic (exact) mass is 481 g/mol. The van der Waals surface area contributed by atoms with E-state index in [0.29, 0.717) is 42.3 Å². The van der Waals surface area contributed by atoms with Crippen LogP contribution in [-0.2, 0) is 17.6 Å². The SMILES string of the molecule is COc1ccc2c(c1)CCc1nc(NC(=O)CCC3=CC=CCC3C)c(C(O)c3ccccc3)nc1-2. The Morgan fingerprint density at radius 2 is 2.00 bits per heavy atom. The fraction of sp³-hybridized carbons (Fsp3) is 0.300. The first kappa shape index (κ1) is 23.9. The van der Waals surface area contributed by atoms with Crippen molar-refractivity contribution >= 4 is 11.7 Å². The Hall–Kier alpha value is -3.77. The zero-order chi connectivity index (χ0) is 25.1. The molecule has 0 aliphatic heterocycles. The van der Waals surface area contributed by atoms with Gasteiger partial charge in [0.25, 0.3) is 0 Å². The van der Waals surface area contributed by atoms with Gasteiger partial charge in [0.15, 0.2) is 5.82 Å². The molecule has 0 spiro atoms. The third-order valence-corrected chi connectivity index (χ3v) is 7.04. The molecule has 0 radical (unpaired) electrons. The minimum atomic E-state index is -1.02. The molecule has 1 aromatic heterocycles. The van der Waals surface area contributed by atoms with Crippen molar-refractivity contribution in [2.45, 2.75) is 45.1 Å². The summed E-state index contributed by atoms with van der Waals surface area (Å²) in [5, 5.41) is 14.3. The second kappa shape index (κ2) is 10.5. The summed E-state index contributed by atoms with van der Waals surface area (Å²) in [4.78, 5) is 22.7. The largest absolute Gasteiger partial charge is 0.497 e. The quantitative estimate of drug-likeness (QED) is 0.461. The van der Waals surface area contributed by atoms with Crippen LogP contribution < -0.4 is 10.1 Å². The molecule has 6 nitrogen and oxygen atoms in total. The topological polar surface area (TPSA) is 84.3 Å². The maximum atomic E-state index is 13.0. The Labute approximate surface area is 211 Å². The minimum absolute atomic E-state index is 0.130. The Balaban J connectivity index is 1.48. The van der Waals surface area contributed by atoms with E-state index in [2.05, 4.69) is 30.5 Å². The molecule has 5 rings (SSSR count). The van der Waals surface area contributed by atoms with Crippen molar-refractivity contribution in [3.8, 4) is 17.0 Å². The van der Waals surface area contributed by atoms with Crippen LogP contribution in [0, 0.1) is 5.92 Å². The second-order valence-electron chi connectivity index (χ2n) is 9.44. The van der Waals surface area contributed by atoms with Crippen LogP contribution in [0.5, 0.6) is 5.75 Å². The number of amides is 1. The number of nitrogens with one attached hydrogen (secondary N) is 1. The molecule has 1 amide bonds. The van der Waals surface area contributed by atoms with E-state index in [0.717, 1.165) is 41.1 Å². The molecule has 0 saturated carbocycles. The Morgan fingerprint density at radius 3 is 2.78 bits per heavy atom. The highest BCUT2D eigenvalue weighted by molar-refractivity contribution is 5.91. The molecule has 3 aromatic rings. The van der Waals surface area contributed by atoms with Crippen molar-refractivity contribution in [3.05, 3.63) is 94.8 Å². The predicted octanol–water partition coefficient (Wildman–Crippen LogP) is 5.57. The molecule has 2 atom stereocenters. The molecule has 6 heteroatoms. The number of nitrogens with zero attached hydrogens (tertiary/aromatic N) is 2. The van der Waals surface area contributed by atoms with E-state index in [4.69, 9.17) is 14.7 Å². The van der Waals surface area contributed by atoms with Gasteiger partial charge >= 0.3 is 0 Å². The predicted molar refractivity (Wildman–Crippen MR) is 141 cm³/mol. The molecule has 2 aliphatic rings. The lowest BCUT2D eigenvalue weighted by Crippen LogP contribution is -2.20. The highest BCUT2D eigenvalue weighted by Crippen LogP contribution is 2.37. The number of aliphatic hydroxyl groups is 1. The van der Waals surface area contributed by atoms with Gasteiger partial charge in [0.1, 0.15) is 17.5 Å². The number of benzene rings is 2. The van der Waals surface area contributed by atoms with Crippen LogP contribution in [0.15, 0.2) is 72.3 Å². The van der Waals surface area contributed by atoms with Crippen LogP contribution in [0.2, 0.25) is 0 Å². The summed E-state index contributed by atoms with van der Waals surface area (Å²) in [5.74, 6) is 1.45. The second-order valence-corrected chi connectivity index (χ2v) is 9.44. The molecular formula is C30H31N3O3. The van der Waals surface area contributed by atoms with Gasteiger partial charge in [-0.3, -0.25) is 4.79 Å². The lowest BCUT2D eigenvalue weighted by molar-refractivity contribution is -0.116. The molecule has 1 heterocycles. The number of hydrogen-bond acceptors (Lipinski definition) is 5. The molecule has 2 unspecified atom stereocenters. The highest BCUT2D eigenvalue weighted by atomic mass is 16.5. The fourth-order valence-electron chi connectivity index (χ4n) is 4.91. The lowest BCUT2D eigenvalue weighted by Gasteiger charge is -2.23. The number of methoxy groups -OCH3 is 1. The standard InChI is InChI=1S/C30H31N3O3/c1-19-8-6-7-9-20(19)13-17-26(34)32-30-28(29(35)21-10-4-3-5-11-21)33-27-24-15-14-23(36-2)18-22(24)12-16-25(27)31-30/h3-7,9-11,14-15,18-19,29,35H,8,12-13,16-17H2,1-2H3,(H,31,32,34). The van der Waals surface area contributed by atoms with Gasteiger partial charge in [-0.25, -0.2) is 9.97 Å². The molecule has 2 aliphatic carbocycles. The number of fused-ring (bicyclic) bond motifs is 3. The summed E-state index contributed by atoms with van der Waals surface area (Å²) in [7, 11) is 1.66. The van der Waals surface area contributed by atoms with E-state index in [1.165, 1.54) is 5.57 Å². The van der Waals surface area contributed by atoms with Gasteiger partial charge in [-0.15, -0.1) is 0 Å². The Kier molecular flexibility index (Phi) is 6.96. The number of anilines is 1. The van der Waals surface area contributed by atoms with Crippen molar-refractivity contribution < 1.29 is 14.6 Å². The summed E-state index contributed by atoms with van der Waals surface area (Å²) in [6, 6.07) is 15.3. The molecule has 0 bridgehead atoms. The lowest BCUT2D eigenvalue weighted by atomic mass is 9.90. The highest BCUT2D eigenvalue weighted by Gasteiger charge is 2.26. The van der Waals surface area contributed by atoms with Crippen molar-refractivity contribution in [2.24, 2.45) is 5.92 Å². The Bertz CT molecular complexity index is 1330. The van der Waals surface area contributed by atoms with Gasteiger partial charge in [0.2, 0.25) is 5.91 Å². The molecule has 2 N–H and O–H groups in total. The van der Waals surface area contributed by atoms with Crippen LogP contribution in [0.25, 0.3) is 11.3 Å². The van der Waals surface area contributed by atoms with Crippen molar-refractivity contribution in [1.29, 1.82) is 0 Å². The maximum absolute atomic E-state index is 13.0. The number of allylic oxidation sites excluding steroid dienone is 4. The van der Waals surface area contributed by atoms with Gasteiger partial charge in [-0.05, 0) is 60.9 Å². The normalized spacial score (nSPS) is 17.0. The number of ether oxygens (including phenoxy) is 1. The average Bonchev–Trinajstić information content (AvgIpc) is 2.92. The van der Waals surface area contributed by atoms with E-state index < -0.39 is 6.10 Å². The fourth-order valence-corrected chi connectivity index (χ4v) is 4.91. The average molecular weight is 482 g/mol. The zero-order valence-electron chi connectivity index (χ0n) is 20.7. The minimum Gasteiger partial charge on any atom is -0.497 e. The summed E-state index contributed by atoms with van der Waals surface area (Å²) in [6.07, 6.45) is 8.86. The number of hydrogen-bond donors (Lipinski definition) is 2. The van der Waals surface area contributed by atoms with Gasteiger partial charge in [-0.1, -0.05) is 61.1 Å². The van der Waals surface area contributed by atoms with E-state index in [1.807, 2.05) is 48.5 Å². The smallest absolute Gasteiger partial charge is 0.225 e. The molecular weight excluding hydrogens is 450 g/mol. The number of carbonyl (C=O) groups is 1. The maximum Gasteiger partial charge on any atom is 0.225 e. The molecule has 184 valence electrons. The van der Waals surface area contributed by atoms with Gasteiger partial charge < -0.3 is 15.2 Å². The van der Waals surface area contributed by atoms with Crippen molar-refractivity contribution in [3.63, 3.8) is 0 Å². The van der Waals surface area contributed by atoms with E-state index in [1.54, 1.807) is 7.11 Å². The molecule has 0 fully saturated rings. The van der Waals surface area contributed by atoms with Crippen LogP contribution in [0.3, 0.4) is 0 Å². The van der Waals surface area contributed by atoms with Gasteiger partial charge in [0.05, 0.1) is 18.5 Å². The number of aryl methyl sites for hydroxylation is 2. The summed E-state index contributed by atoms with van der Waals surface area (Å²) >= 11 is 0. The number of rotatable bonds is 7. The van der Waals surface area contributed by atoms with Crippen LogP contribution in [0.4, 0.5) is 5.82 Å².